The van der Waals surface area contributed by atoms with Crippen LogP contribution in [0, 0.1) is 5.92 Å². The van der Waals surface area contributed by atoms with E-state index in [0.29, 0.717) is 5.92 Å². The minimum Gasteiger partial charge on any atom is -0.497 e. The number of rotatable bonds is 11. The van der Waals surface area contributed by atoms with Crippen LogP contribution < -0.4 is 9.64 Å². The second-order valence-electron chi connectivity index (χ2n) is 7.65. The van der Waals surface area contributed by atoms with Gasteiger partial charge in [0.15, 0.2) is 0 Å². The highest BCUT2D eigenvalue weighted by atomic mass is 16.5. The first-order valence-corrected chi connectivity index (χ1v) is 9.80. The molecule has 4 nitrogen and oxygen atoms in total. The molecule has 2 rings (SSSR count). The molecule has 2 atom stereocenters. The van der Waals surface area contributed by atoms with Gasteiger partial charge in [0.1, 0.15) is 24.9 Å². The Kier molecular flexibility index (Phi) is 8.20. The highest BCUT2D eigenvalue weighted by Crippen LogP contribution is 2.14. The van der Waals surface area contributed by atoms with Crippen LogP contribution in [-0.2, 0) is 13.1 Å². The maximum atomic E-state index is 10.3. The zero-order valence-corrected chi connectivity index (χ0v) is 16.7. The molecule has 0 amide bonds. The van der Waals surface area contributed by atoms with E-state index in [0.717, 1.165) is 44.8 Å². The summed E-state index contributed by atoms with van der Waals surface area (Å²) >= 11 is 0. The molecule has 144 valence electrons. The smallest absolute Gasteiger partial charge is 0.119 e. The lowest BCUT2D eigenvalue weighted by Gasteiger charge is -2.24. The lowest BCUT2D eigenvalue weighted by molar-refractivity contribution is -0.920. The largest absolute Gasteiger partial charge is 0.497 e. The van der Waals surface area contributed by atoms with Gasteiger partial charge in [0, 0.05) is 18.7 Å². The summed E-state index contributed by atoms with van der Waals surface area (Å²) in [5.41, 5.74) is 2.55. The van der Waals surface area contributed by atoms with Crippen LogP contribution in [0.5, 0.6) is 5.75 Å². The number of nitrogens with zero attached hydrogens (tertiary/aromatic N) is 1. The molecule has 1 aromatic carbocycles. The van der Waals surface area contributed by atoms with Crippen molar-refractivity contribution in [3.63, 3.8) is 0 Å². The van der Waals surface area contributed by atoms with Crippen molar-refractivity contribution >= 4 is 0 Å². The second kappa shape index (κ2) is 10.4. The summed E-state index contributed by atoms with van der Waals surface area (Å²) in [6.45, 7) is 10.3. The van der Waals surface area contributed by atoms with Crippen molar-refractivity contribution in [2.45, 2.75) is 52.8 Å². The van der Waals surface area contributed by atoms with Crippen LogP contribution in [-0.4, -0.2) is 36.0 Å². The molecule has 0 spiro atoms. The van der Waals surface area contributed by atoms with Gasteiger partial charge in [-0.15, -0.1) is 0 Å². The number of aromatic nitrogens is 1. The quantitative estimate of drug-likeness (QED) is 0.647. The van der Waals surface area contributed by atoms with Crippen LogP contribution in [0.4, 0.5) is 0 Å². The van der Waals surface area contributed by atoms with Crippen molar-refractivity contribution in [1.29, 1.82) is 0 Å². The predicted octanol–water partition coefficient (Wildman–Crippen LogP) is 2.75. The number of hydrogen-bond acceptors (Lipinski definition) is 2. The lowest BCUT2D eigenvalue weighted by atomic mass is 10.1. The highest BCUT2D eigenvalue weighted by Gasteiger charge is 2.18. The fraction of sp³-hybridized carbons (Fsp3) is 0.545. The van der Waals surface area contributed by atoms with Gasteiger partial charge < -0.3 is 19.3 Å². The Hall–Kier alpha value is -1.78. The summed E-state index contributed by atoms with van der Waals surface area (Å²) in [5.74, 6) is 1.51. The Bertz CT molecular complexity index is 651. The molecule has 1 aromatic heterocycles. The number of aliphatic hydroxyl groups is 1. The van der Waals surface area contributed by atoms with Crippen LogP contribution in [0.25, 0.3) is 0 Å². The fourth-order valence-corrected chi connectivity index (χ4v) is 3.56. The Morgan fingerprint density at radius 2 is 1.96 bits per heavy atom. The first kappa shape index (κ1) is 20.5. The minimum absolute atomic E-state index is 0.212. The number of hydrogen-bond donors (Lipinski definition) is 2. The molecular formula is C22H35N2O2+. The molecular weight excluding hydrogens is 324 g/mol. The Balaban J connectivity index is 2.08. The van der Waals surface area contributed by atoms with E-state index in [4.69, 9.17) is 4.74 Å². The van der Waals surface area contributed by atoms with Gasteiger partial charge >= 0.3 is 0 Å². The summed E-state index contributed by atoms with van der Waals surface area (Å²) in [6, 6.07) is 12.6. The SMILES string of the molecule is CCC[C@@H](O)C[NH+](Cc1cccn1Cc1cccc(OC)c1)CC(C)C. The zero-order valence-electron chi connectivity index (χ0n) is 16.7. The normalized spacial score (nSPS) is 13.8. The molecule has 0 bridgehead atoms. The van der Waals surface area contributed by atoms with E-state index in [1.165, 1.54) is 16.2 Å². The molecule has 0 saturated carbocycles. The van der Waals surface area contributed by atoms with Gasteiger partial charge in [-0.25, -0.2) is 0 Å². The first-order valence-electron chi connectivity index (χ1n) is 9.80. The molecule has 0 aliphatic rings. The topological polar surface area (TPSA) is 38.8 Å². The monoisotopic (exact) mass is 359 g/mol. The third kappa shape index (κ3) is 6.50. The molecule has 2 aromatic rings. The van der Waals surface area contributed by atoms with E-state index in [2.05, 4.69) is 55.8 Å². The van der Waals surface area contributed by atoms with Crippen LogP contribution in [0.3, 0.4) is 0 Å². The zero-order chi connectivity index (χ0) is 18.9. The third-order valence-corrected chi connectivity index (χ3v) is 4.68. The predicted molar refractivity (Wildman–Crippen MR) is 107 cm³/mol. The highest BCUT2D eigenvalue weighted by molar-refractivity contribution is 5.29. The van der Waals surface area contributed by atoms with E-state index >= 15 is 0 Å². The molecule has 0 saturated heterocycles. The van der Waals surface area contributed by atoms with Gasteiger partial charge in [0.05, 0.1) is 19.3 Å². The maximum absolute atomic E-state index is 10.3. The molecule has 1 unspecified atom stereocenters. The van der Waals surface area contributed by atoms with Gasteiger partial charge in [-0.2, -0.15) is 0 Å². The van der Waals surface area contributed by atoms with Gasteiger partial charge in [-0.05, 0) is 36.2 Å². The summed E-state index contributed by atoms with van der Waals surface area (Å²) < 4.78 is 7.64. The van der Waals surface area contributed by atoms with E-state index in [9.17, 15) is 5.11 Å². The number of ether oxygens (including phenoxy) is 1. The van der Waals surface area contributed by atoms with Crippen molar-refractivity contribution in [2.24, 2.45) is 5.92 Å². The molecule has 0 radical (unpaired) electrons. The summed E-state index contributed by atoms with van der Waals surface area (Å²) in [6.07, 6.45) is 3.84. The molecule has 4 heteroatoms. The van der Waals surface area contributed by atoms with Crippen LogP contribution in [0.2, 0.25) is 0 Å². The van der Waals surface area contributed by atoms with E-state index in [-0.39, 0.29) is 6.10 Å². The van der Waals surface area contributed by atoms with Gasteiger partial charge in [0.2, 0.25) is 0 Å². The van der Waals surface area contributed by atoms with Crippen molar-refractivity contribution in [2.75, 3.05) is 20.2 Å². The summed E-state index contributed by atoms with van der Waals surface area (Å²) in [7, 11) is 1.70. The molecule has 1 heterocycles. The molecule has 0 aliphatic heterocycles. The number of quaternary nitrogens is 1. The molecule has 26 heavy (non-hydrogen) atoms. The summed E-state index contributed by atoms with van der Waals surface area (Å²) in [4.78, 5) is 1.45. The van der Waals surface area contributed by atoms with E-state index < -0.39 is 0 Å². The molecule has 0 aliphatic carbocycles. The Morgan fingerprint density at radius 3 is 2.65 bits per heavy atom. The number of aliphatic hydroxyl groups excluding tert-OH is 1. The van der Waals surface area contributed by atoms with E-state index in [1.807, 2.05) is 12.1 Å². The number of methoxy groups -OCH3 is 1. The lowest BCUT2D eigenvalue weighted by Crippen LogP contribution is -3.12. The van der Waals surface area contributed by atoms with E-state index in [1.54, 1.807) is 7.11 Å². The molecule has 0 fully saturated rings. The van der Waals surface area contributed by atoms with Gasteiger partial charge in [0.25, 0.3) is 0 Å². The van der Waals surface area contributed by atoms with Crippen molar-refractivity contribution < 1.29 is 14.7 Å². The van der Waals surface area contributed by atoms with Crippen molar-refractivity contribution in [3.05, 3.63) is 53.9 Å². The van der Waals surface area contributed by atoms with Crippen molar-refractivity contribution in [3.8, 4) is 5.75 Å². The van der Waals surface area contributed by atoms with Crippen molar-refractivity contribution in [1.82, 2.24) is 4.57 Å². The van der Waals surface area contributed by atoms with Crippen LogP contribution in [0.15, 0.2) is 42.6 Å². The number of benzene rings is 1. The minimum atomic E-state index is -0.212. The standard InChI is InChI=1S/C22H34N2O2/c1-5-8-21(25)17-23(14-18(2)3)16-20-10-7-12-24(20)15-19-9-6-11-22(13-19)26-4/h6-7,9-13,18,21,25H,5,8,14-17H2,1-4H3/p+1/t21-/m1/s1. The van der Waals surface area contributed by atoms with Crippen LogP contribution >= 0.6 is 0 Å². The average Bonchev–Trinajstić information content (AvgIpc) is 3.01. The third-order valence-electron chi connectivity index (χ3n) is 4.68. The Morgan fingerprint density at radius 1 is 1.15 bits per heavy atom. The molecule has 2 N–H and O–H groups in total. The Labute approximate surface area is 158 Å². The van der Waals surface area contributed by atoms with Crippen LogP contribution in [0.1, 0.15) is 44.9 Å². The fourth-order valence-electron chi connectivity index (χ4n) is 3.56. The first-order chi connectivity index (χ1) is 12.5. The second-order valence-corrected chi connectivity index (χ2v) is 7.65. The number of nitrogens with one attached hydrogen (secondary N) is 1. The van der Waals surface area contributed by atoms with Gasteiger partial charge in [-0.3, -0.25) is 0 Å². The average molecular weight is 360 g/mol. The maximum Gasteiger partial charge on any atom is 0.119 e. The summed E-state index contributed by atoms with van der Waals surface area (Å²) in [5, 5.41) is 10.3. The van der Waals surface area contributed by atoms with Gasteiger partial charge in [-0.1, -0.05) is 39.3 Å².